The van der Waals surface area contributed by atoms with Crippen molar-refractivity contribution < 1.29 is 30.2 Å². The van der Waals surface area contributed by atoms with Gasteiger partial charge in [0, 0.05) is 5.39 Å². The van der Waals surface area contributed by atoms with Crippen LogP contribution in [0.15, 0.2) is 36.4 Å². The molecule has 0 saturated carbocycles. The van der Waals surface area contributed by atoms with Gasteiger partial charge in [-0.2, -0.15) is 21.6 Å². The first-order valence-corrected chi connectivity index (χ1v) is 6.30. The van der Waals surface area contributed by atoms with Gasteiger partial charge in [-0.05, 0) is 29.7 Å². The third-order valence-electron chi connectivity index (χ3n) is 2.29. The molecule has 0 atom stereocenters. The summed E-state index contributed by atoms with van der Waals surface area (Å²) in [5.74, 6) is -1.10. The van der Waals surface area contributed by atoms with Crippen LogP contribution >= 0.6 is 0 Å². The monoisotopic (exact) mass is 294 g/mol. The fourth-order valence-electron chi connectivity index (χ4n) is 1.45. The van der Waals surface area contributed by atoms with Gasteiger partial charge < -0.3 is 4.18 Å². The molecule has 8 heteroatoms. The number of fused-ring (bicyclic) bond motifs is 1. The number of benzene rings is 2. The molecule has 0 bridgehead atoms. The number of rotatable bonds is 2. The summed E-state index contributed by atoms with van der Waals surface area (Å²) in [6, 6.07) is 7.06. The Morgan fingerprint density at radius 1 is 1.05 bits per heavy atom. The zero-order chi connectivity index (χ0) is 14.3. The van der Waals surface area contributed by atoms with Crippen LogP contribution in [0, 0.1) is 5.82 Å². The van der Waals surface area contributed by atoms with Crippen molar-refractivity contribution >= 4 is 20.9 Å². The molecule has 0 aromatic heterocycles. The predicted octanol–water partition coefficient (Wildman–Crippen LogP) is 3.21. The second-order valence-electron chi connectivity index (χ2n) is 3.61. The quantitative estimate of drug-likeness (QED) is 0.485. The molecule has 102 valence electrons. The van der Waals surface area contributed by atoms with Crippen LogP contribution < -0.4 is 4.18 Å². The molecule has 0 spiro atoms. The van der Waals surface area contributed by atoms with Crippen molar-refractivity contribution in [3.8, 4) is 5.75 Å². The minimum atomic E-state index is -5.72. The fraction of sp³-hybridized carbons (Fsp3) is 0.0909. The summed E-state index contributed by atoms with van der Waals surface area (Å²) in [6.07, 6.45) is 0. The lowest BCUT2D eigenvalue weighted by Crippen LogP contribution is -2.28. The predicted molar refractivity (Wildman–Crippen MR) is 59.5 cm³/mol. The average molecular weight is 294 g/mol. The van der Waals surface area contributed by atoms with Gasteiger partial charge in [0.05, 0.1) is 0 Å². The van der Waals surface area contributed by atoms with E-state index in [0.29, 0.717) is 0 Å². The van der Waals surface area contributed by atoms with Crippen LogP contribution in [-0.4, -0.2) is 13.9 Å². The second-order valence-corrected chi connectivity index (χ2v) is 5.14. The van der Waals surface area contributed by atoms with E-state index in [0.717, 1.165) is 18.2 Å². The number of hydrogen-bond donors (Lipinski definition) is 0. The van der Waals surface area contributed by atoms with E-state index in [2.05, 4.69) is 4.18 Å². The van der Waals surface area contributed by atoms with Crippen LogP contribution in [-0.2, 0) is 10.1 Å². The molecule has 19 heavy (non-hydrogen) atoms. The first-order valence-electron chi connectivity index (χ1n) is 4.90. The molecule has 0 radical (unpaired) electrons. The molecule has 0 amide bonds. The van der Waals surface area contributed by atoms with Gasteiger partial charge >= 0.3 is 15.6 Å². The summed E-state index contributed by atoms with van der Waals surface area (Å²) in [5.41, 5.74) is -5.51. The summed E-state index contributed by atoms with van der Waals surface area (Å²) in [6.45, 7) is 0. The summed E-state index contributed by atoms with van der Waals surface area (Å²) < 4.78 is 75.2. The van der Waals surface area contributed by atoms with Gasteiger partial charge in [0.15, 0.2) is 0 Å². The number of alkyl halides is 3. The lowest BCUT2D eigenvalue weighted by molar-refractivity contribution is -0.0500. The Morgan fingerprint density at radius 3 is 2.37 bits per heavy atom. The molecular formula is C11H6F4O3S. The lowest BCUT2D eigenvalue weighted by Gasteiger charge is -2.10. The summed E-state index contributed by atoms with van der Waals surface area (Å²) in [4.78, 5) is 0. The Hall–Kier alpha value is -1.83. The molecule has 0 fully saturated rings. The highest BCUT2D eigenvalue weighted by Crippen LogP contribution is 2.29. The normalized spacial score (nSPS) is 12.6. The molecule has 0 saturated heterocycles. The van der Waals surface area contributed by atoms with Crippen LogP contribution in [0.5, 0.6) is 5.75 Å². The Morgan fingerprint density at radius 2 is 1.74 bits per heavy atom. The Balaban J connectivity index is 2.44. The zero-order valence-corrected chi connectivity index (χ0v) is 9.93. The van der Waals surface area contributed by atoms with Crippen LogP contribution in [0.1, 0.15) is 0 Å². The number of hydrogen-bond acceptors (Lipinski definition) is 3. The van der Waals surface area contributed by atoms with Gasteiger partial charge in [-0.25, -0.2) is 4.39 Å². The molecule has 2 rings (SSSR count). The van der Waals surface area contributed by atoms with Crippen LogP contribution in [0.2, 0.25) is 0 Å². The van der Waals surface area contributed by atoms with E-state index in [9.17, 15) is 26.0 Å². The summed E-state index contributed by atoms with van der Waals surface area (Å²) in [5, 5.41) is 0.383. The third-order valence-corrected chi connectivity index (χ3v) is 3.27. The molecule has 0 aliphatic rings. The molecule has 2 aromatic rings. The highest BCUT2D eigenvalue weighted by molar-refractivity contribution is 7.88. The maximum atomic E-state index is 13.3. The maximum absolute atomic E-state index is 13.3. The van der Waals surface area contributed by atoms with Crippen molar-refractivity contribution in [1.82, 2.24) is 0 Å². The lowest BCUT2D eigenvalue weighted by atomic mass is 10.1. The summed E-state index contributed by atoms with van der Waals surface area (Å²) >= 11 is 0. The van der Waals surface area contributed by atoms with E-state index in [4.69, 9.17) is 0 Å². The molecule has 0 aliphatic heterocycles. The van der Waals surface area contributed by atoms with E-state index in [1.165, 1.54) is 18.2 Å². The van der Waals surface area contributed by atoms with Crippen molar-refractivity contribution in [1.29, 1.82) is 0 Å². The Bertz CT molecular complexity index is 722. The smallest absolute Gasteiger partial charge is 0.376 e. The van der Waals surface area contributed by atoms with E-state index < -0.39 is 27.2 Å². The Labute approximate surface area is 105 Å². The average Bonchev–Trinajstić information content (AvgIpc) is 2.27. The van der Waals surface area contributed by atoms with Crippen molar-refractivity contribution in [3.63, 3.8) is 0 Å². The highest BCUT2D eigenvalue weighted by atomic mass is 32.2. The SMILES string of the molecule is O=S(=O)(Oc1ccc2c(F)cccc2c1)C(F)(F)F. The van der Waals surface area contributed by atoms with Crippen molar-refractivity contribution in [2.24, 2.45) is 0 Å². The van der Waals surface area contributed by atoms with Crippen LogP contribution in [0.4, 0.5) is 17.6 Å². The van der Waals surface area contributed by atoms with Gasteiger partial charge in [0.2, 0.25) is 0 Å². The van der Waals surface area contributed by atoms with Gasteiger partial charge in [0.1, 0.15) is 11.6 Å². The van der Waals surface area contributed by atoms with Gasteiger partial charge in [0.25, 0.3) is 0 Å². The zero-order valence-electron chi connectivity index (χ0n) is 9.11. The number of halogens is 4. The minimum absolute atomic E-state index is 0.152. The maximum Gasteiger partial charge on any atom is 0.534 e. The van der Waals surface area contributed by atoms with Crippen molar-refractivity contribution in [2.45, 2.75) is 5.51 Å². The highest BCUT2D eigenvalue weighted by Gasteiger charge is 2.48. The van der Waals surface area contributed by atoms with Crippen LogP contribution in [0.25, 0.3) is 10.8 Å². The van der Waals surface area contributed by atoms with Crippen LogP contribution in [0.3, 0.4) is 0 Å². The summed E-state index contributed by atoms with van der Waals surface area (Å²) in [7, 11) is -5.72. The third kappa shape index (κ3) is 2.62. The second kappa shape index (κ2) is 4.37. The fourth-order valence-corrected chi connectivity index (χ4v) is 1.90. The topological polar surface area (TPSA) is 43.4 Å². The minimum Gasteiger partial charge on any atom is -0.376 e. The van der Waals surface area contributed by atoms with E-state index >= 15 is 0 Å². The Kier molecular flexibility index (Phi) is 3.13. The molecule has 0 aliphatic carbocycles. The molecular weight excluding hydrogens is 288 g/mol. The van der Waals surface area contributed by atoms with Gasteiger partial charge in [-0.15, -0.1) is 0 Å². The standard InChI is InChI=1S/C11H6F4O3S/c12-10-3-1-2-7-6-8(4-5-9(7)10)18-19(16,17)11(13,14)15/h1-6H. The first kappa shape index (κ1) is 13.6. The molecule has 0 heterocycles. The van der Waals surface area contributed by atoms with Gasteiger partial charge in [-0.3, -0.25) is 0 Å². The van der Waals surface area contributed by atoms with Gasteiger partial charge in [-0.1, -0.05) is 12.1 Å². The molecule has 2 aromatic carbocycles. The molecule has 0 N–H and O–H groups in total. The van der Waals surface area contributed by atoms with E-state index in [-0.39, 0.29) is 10.8 Å². The largest absolute Gasteiger partial charge is 0.534 e. The molecule has 3 nitrogen and oxygen atoms in total. The van der Waals surface area contributed by atoms with Crippen molar-refractivity contribution in [2.75, 3.05) is 0 Å². The van der Waals surface area contributed by atoms with E-state index in [1.54, 1.807) is 0 Å². The van der Waals surface area contributed by atoms with E-state index in [1.807, 2.05) is 0 Å². The first-order chi connectivity index (χ1) is 8.71. The van der Waals surface area contributed by atoms with Crippen molar-refractivity contribution in [3.05, 3.63) is 42.2 Å². The molecule has 0 unspecified atom stereocenters.